The van der Waals surface area contributed by atoms with Crippen LogP contribution >= 0.6 is 0 Å². The normalized spacial score (nSPS) is 11.6. The van der Waals surface area contributed by atoms with Crippen LogP contribution in [0.3, 0.4) is 0 Å². The molecule has 3 heteroatoms. The third-order valence-electron chi connectivity index (χ3n) is 3.46. The summed E-state index contributed by atoms with van der Waals surface area (Å²) in [5, 5.41) is 7.98. The second kappa shape index (κ2) is 8.23. The lowest BCUT2D eigenvalue weighted by Gasteiger charge is -1.99. The Morgan fingerprint density at radius 1 is 0.909 bits per heavy atom. The van der Waals surface area contributed by atoms with Crippen molar-refractivity contribution in [2.24, 2.45) is 10.2 Å². The van der Waals surface area contributed by atoms with Crippen LogP contribution in [-0.2, 0) is 12.8 Å². The van der Waals surface area contributed by atoms with Gasteiger partial charge in [0.1, 0.15) is 5.82 Å². The van der Waals surface area contributed by atoms with Crippen molar-refractivity contribution in [3.8, 4) is 0 Å². The average Bonchev–Trinajstić information content (AvgIpc) is 2.53. The second-order valence-electron chi connectivity index (χ2n) is 5.19. The molecule has 2 rings (SSSR count). The van der Waals surface area contributed by atoms with Gasteiger partial charge in [0.25, 0.3) is 0 Å². The van der Waals surface area contributed by atoms with Crippen molar-refractivity contribution < 1.29 is 4.39 Å². The summed E-state index contributed by atoms with van der Waals surface area (Å²) in [5.74, 6) is -0.193. The van der Waals surface area contributed by atoms with E-state index in [0.717, 1.165) is 18.4 Å². The largest absolute Gasteiger partial charge is 0.207 e. The Labute approximate surface area is 131 Å². The number of benzene rings is 2. The van der Waals surface area contributed by atoms with E-state index in [-0.39, 0.29) is 5.82 Å². The average molecular weight is 296 g/mol. The summed E-state index contributed by atoms with van der Waals surface area (Å²) >= 11 is 0. The molecule has 0 saturated heterocycles. The number of hydrogen-bond acceptors (Lipinski definition) is 2. The van der Waals surface area contributed by atoms with Crippen LogP contribution in [0.5, 0.6) is 0 Å². The zero-order valence-corrected chi connectivity index (χ0v) is 13.1. The Balaban J connectivity index is 1.97. The van der Waals surface area contributed by atoms with Gasteiger partial charge in [-0.3, -0.25) is 0 Å². The zero-order valence-electron chi connectivity index (χ0n) is 13.1. The number of nitrogens with zero attached hydrogens (tertiary/aromatic N) is 2. The zero-order chi connectivity index (χ0) is 15.8. The minimum Gasteiger partial charge on any atom is -0.207 e. The van der Waals surface area contributed by atoms with Gasteiger partial charge in [0, 0.05) is 0 Å². The van der Waals surface area contributed by atoms with E-state index in [4.69, 9.17) is 0 Å². The van der Waals surface area contributed by atoms with Crippen molar-refractivity contribution in [1.29, 1.82) is 0 Å². The van der Waals surface area contributed by atoms with Crippen LogP contribution in [0.2, 0.25) is 0 Å². The van der Waals surface area contributed by atoms with Gasteiger partial charge < -0.3 is 0 Å². The Bertz CT molecular complexity index is 658. The summed E-state index contributed by atoms with van der Waals surface area (Å²) in [6.45, 7) is 4.10. The van der Waals surface area contributed by atoms with Crippen LogP contribution in [0.1, 0.15) is 42.5 Å². The highest BCUT2D eigenvalue weighted by atomic mass is 19.1. The third kappa shape index (κ3) is 4.62. The topological polar surface area (TPSA) is 24.7 Å². The molecule has 0 N–H and O–H groups in total. The number of hydrogen-bond donors (Lipinski definition) is 0. The summed E-state index contributed by atoms with van der Waals surface area (Å²) < 4.78 is 13.6. The van der Waals surface area contributed by atoms with Crippen molar-refractivity contribution in [2.45, 2.75) is 33.1 Å². The highest BCUT2D eigenvalue weighted by Gasteiger charge is 1.99. The van der Waals surface area contributed by atoms with Gasteiger partial charge in [0.2, 0.25) is 0 Å². The molecule has 114 valence electrons. The highest BCUT2D eigenvalue weighted by molar-refractivity contribution is 5.82. The predicted octanol–water partition coefficient (Wildman–Crippen LogP) is 4.79. The molecule has 0 unspecified atom stereocenters. The fraction of sp³-hybridized carbons (Fsp3) is 0.263. The first-order chi connectivity index (χ1) is 10.7. The molecule has 0 spiro atoms. The van der Waals surface area contributed by atoms with Gasteiger partial charge in [-0.1, -0.05) is 56.7 Å². The molecule has 0 aliphatic heterocycles. The van der Waals surface area contributed by atoms with E-state index in [1.165, 1.54) is 11.6 Å². The summed E-state index contributed by atoms with van der Waals surface area (Å²) in [6, 6.07) is 13.4. The lowest BCUT2D eigenvalue weighted by Crippen LogP contribution is -1.90. The van der Waals surface area contributed by atoms with Gasteiger partial charge in [-0.05, 0) is 41.2 Å². The molecule has 22 heavy (non-hydrogen) atoms. The van der Waals surface area contributed by atoms with Gasteiger partial charge in [-0.15, -0.1) is 0 Å². The van der Waals surface area contributed by atoms with E-state index in [1.54, 1.807) is 18.5 Å². The first kappa shape index (κ1) is 16.1. The first-order valence-corrected chi connectivity index (χ1v) is 7.66. The molecule has 0 heterocycles. The maximum absolute atomic E-state index is 13.6. The molecule has 0 atom stereocenters. The predicted molar refractivity (Wildman–Crippen MR) is 91.4 cm³/mol. The number of halogens is 1. The van der Waals surface area contributed by atoms with Crippen molar-refractivity contribution in [3.63, 3.8) is 0 Å². The summed E-state index contributed by atoms with van der Waals surface area (Å²) in [6.07, 6.45) is 6.18. The molecule has 0 saturated carbocycles. The molecular weight excluding hydrogens is 275 g/mol. The fourth-order valence-corrected chi connectivity index (χ4v) is 2.19. The molecule has 0 aromatic heterocycles. The van der Waals surface area contributed by atoms with Crippen molar-refractivity contribution >= 4 is 12.4 Å². The minimum atomic E-state index is -0.193. The quantitative estimate of drug-likeness (QED) is 0.540. The van der Waals surface area contributed by atoms with E-state index in [2.05, 4.69) is 29.3 Å². The lowest BCUT2D eigenvalue weighted by molar-refractivity contribution is 0.612. The van der Waals surface area contributed by atoms with Gasteiger partial charge in [0.15, 0.2) is 0 Å². The minimum absolute atomic E-state index is 0.193. The third-order valence-corrected chi connectivity index (χ3v) is 3.46. The van der Waals surface area contributed by atoms with Crippen LogP contribution in [0.15, 0.2) is 52.7 Å². The molecule has 0 aliphatic rings. The van der Waals surface area contributed by atoms with Crippen LogP contribution in [0.4, 0.5) is 4.39 Å². The molecule has 0 radical (unpaired) electrons. The molecule has 0 aliphatic carbocycles. The number of aryl methyl sites for hydroxylation is 2. The maximum atomic E-state index is 13.6. The number of rotatable bonds is 6. The Hall–Kier alpha value is -2.29. The van der Waals surface area contributed by atoms with E-state index < -0.39 is 0 Å². The van der Waals surface area contributed by atoms with Gasteiger partial charge >= 0.3 is 0 Å². The van der Waals surface area contributed by atoms with Crippen molar-refractivity contribution in [2.75, 3.05) is 0 Å². The standard InChI is InChI=1S/C19H21FN2/c1-3-5-15-6-8-16(9-7-15)13-21-22-14-17-10-11-18(4-2)19(20)12-17/h6-14H,3-5H2,1-2H3/b21-13+,22-14+. The smallest absolute Gasteiger partial charge is 0.127 e. The molecule has 2 aromatic rings. The van der Waals surface area contributed by atoms with Crippen molar-refractivity contribution in [3.05, 3.63) is 70.5 Å². The van der Waals surface area contributed by atoms with E-state index in [9.17, 15) is 4.39 Å². The summed E-state index contributed by atoms with van der Waals surface area (Å²) in [4.78, 5) is 0. The van der Waals surface area contributed by atoms with Crippen LogP contribution < -0.4 is 0 Å². The summed E-state index contributed by atoms with van der Waals surface area (Å²) in [7, 11) is 0. The fourth-order valence-electron chi connectivity index (χ4n) is 2.19. The van der Waals surface area contributed by atoms with Gasteiger partial charge in [-0.25, -0.2) is 4.39 Å². The summed E-state index contributed by atoms with van der Waals surface area (Å²) in [5.41, 5.74) is 3.76. The SMILES string of the molecule is CCCc1ccc(/C=N/N=C/c2ccc(CC)c(F)c2)cc1. The van der Waals surface area contributed by atoms with Gasteiger partial charge in [-0.2, -0.15) is 10.2 Å². The molecule has 0 fully saturated rings. The van der Waals surface area contributed by atoms with E-state index in [1.807, 2.05) is 25.1 Å². The second-order valence-corrected chi connectivity index (χ2v) is 5.19. The van der Waals surface area contributed by atoms with E-state index >= 15 is 0 Å². The Morgan fingerprint density at radius 3 is 2.14 bits per heavy atom. The monoisotopic (exact) mass is 296 g/mol. The molecule has 0 amide bonds. The maximum Gasteiger partial charge on any atom is 0.127 e. The first-order valence-electron chi connectivity index (χ1n) is 7.66. The molecule has 0 bridgehead atoms. The van der Waals surface area contributed by atoms with Crippen LogP contribution in [-0.4, -0.2) is 12.4 Å². The van der Waals surface area contributed by atoms with E-state index in [0.29, 0.717) is 17.5 Å². The lowest BCUT2D eigenvalue weighted by atomic mass is 10.1. The van der Waals surface area contributed by atoms with Crippen molar-refractivity contribution in [1.82, 2.24) is 0 Å². The highest BCUT2D eigenvalue weighted by Crippen LogP contribution is 2.10. The molecular formula is C19H21FN2. The van der Waals surface area contributed by atoms with Gasteiger partial charge in [0.05, 0.1) is 12.4 Å². The van der Waals surface area contributed by atoms with Crippen LogP contribution in [0, 0.1) is 5.82 Å². The molecule has 2 nitrogen and oxygen atoms in total. The van der Waals surface area contributed by atoms with Crippen LogP contribution in [0.25, 0.3) is 0 Å². The Morgan fingerprint density at radius 2 is 1.55 bits per heavy atom. The Kier molecular flexibility index (Phi) is 6.01. The molecule has 2 aromatic carbocycles.